The number of Topliss-reactive ketones (excluding diaryl/α,β-unsaturated/α-hetero) is 1. The molecule has 5 rings (SSSR count). The van der Waals surface area contributed by atoms with E-state index in [1.807, 2.05) is 6.92 Å². The van der Waals surface area contributed by atoms with Crippen molar-refractivity contribution in [2.45, 2.75) is 83.8 Å². The van der Waals surface area contributed by atoms with E-state index in [1.165, 1.54) is 38.3 Å². The van der Waals surface area contributed by atoms with Crippen molar-refractivity contribution >= 4 is 5.78 Å². The number of rotatable bonds is 3. The predicted octanol–water partition coefficient (Wildman–Crippen LogP) is 4.34. The first kappa shape index (κ1) is 20.2. The van der Waals surface area contributed by atoms with Gasteiger partial charge in [-0.2, -0.15) is 10.4 Å². The lowest BCUT2D eigenvalue weighted by Gasteiger charge is -2.56. The third-order valence-corrected chi connectivity index (χ3v) is 9.71. The standard InChI is InChI=1S/C25H35N3O2/c1-24(30)9-7-18-17(11-24)3-4-20-19(18)8-10-25(2)21(20)5-6-22(25)23(29)15-28-14-16(12-26)13-27-28/h13-14,17-22,30H,3-11,15H2,1-2H3/t17-,18-,19+,20-,21+,22?,24-,25+/m1/s1. The number of aromatic nitrogens is 2. The lowest BCUT2D eigenvalue weighted by Crippen LogP contribution is -2.51. The minimum atomic E-state index is -0.458. The Kier molecular flexibility index (Phi) is 4.85. The van der Waals surface area contributed by atoms with E-state index in [0.29, 0.717) is 29.7 Å². The Labute approximate surface area is 179 Å². The molecular weight excluding hydrogens is 374 g/mol. The average molecular weight is 410 g/mol. The highest BCUT2D eigenvalue weighted by molar-refractivity contribution is 5.82. The molecule has 0 aromatic carbocycles. The maximum absolute atomic E-state index is 13.3. The molecule has 0 amide bonds. The van der Waals surface area contributed by atoms with Gasteiger partial charge in [-0.3, -0.25) is 9.48 Å². The van der Waals surface area contributed by atoms with Gasteiger partial charge < -0.3 is 5.11 Å². The van der Waals surface area contributed by atoms with Crippen LogP contribution in [0.1, 0.15) is 77.2 Å². The zero-order chi connectivity index (χ0) is 21.1. The summed E-state index contributed by atoms with van der Waals surface area (Å²) in [6, 6.07) is 2.09. The summed E-state index contributed by atoms with van der Waals surface area (Å²) in [5.74, 6) is 4.15. The first-order valence-corrected chi connectivity index (χ1v) is 12.0. The average Bonchev–Trinajstić information content (AvgIpc) is 3.30. The van der Waals surface area contributed by atoms with Crippen LogP contribution < -0.4 is 0 Å². The van der Waals surface area contributed by atoms with Crippen LogP contribution in [0.2, 0.25) is 0 Å². The van der Waals surface area contributed by atoms with Gasteiger partial charge in [0.15, 0.2) is 5.78 Å². The molecule has 0 saturated heterocycles. The van der Waals surface area contributed by atoms with Crippen molar-refractivity contribution in [3.8, 4) is 6.07 Å². The quantitative estimate of drug-likeness (QED) is 0.805. The smallest absolute Gasteiger partial charge is 0.157 e. The molecule has 1 aromatic rings. The van der Waals surface area contributed by atoms with Crippen LogP contribution >= 0.6 is 0 Å². The van der Waals surface area contributed by atoms with E-state index >= 15 is 0 Å². The van der Waals surface area contributed by atoms with Gasteiger partial charge >= 0.3 is 0 Å². The van der Waals surface area contributed by atoms with Crippen LogP contribution in [0, 0.1) is 52.3 Å². The van der Waals surface area contributed by atoms with Gasteiger partial charge in [-0.15, -0.1) is 0 Å². The van der Waals surface area contributed by atoms with E-state index in [2.05, 4.69) is 18.1 Å². The van der Waals surface area contributed by atoms with Gasteiger partial charge in [0, 0.05) is 12.1 Å². The SMILES string of the molecule is C[C@@]1(O)CC[C@@H]2[C@H](CC[C@@H]3[C@H]2CC[C@]2(C)C(C(=O)Cn4cc(C#N)cn4)CC[C@@H]32)C1. The third-order valence-electron chi connectivity index (χ3n) is 9.71. The Morgan fingerprint density at radius 2 is 1.97 bits per heavy atom. The van der Waals surface area contributed by atoms with E-state index in [1.54, 1.807) is 10.9 Å². The normalized spacial score (nSPS) is 45.1. The maximum atomic E-state index is 13.3. The summed E-state index contributed by atoms with van der Waals surface area (Å²) in [7, 11) is 0. The Balaban J connectivity index is 1.30. The molecule has 0 spiro atoms. The Morgan fingerprint density at radius 1 is 1.17 bits per heavy atom. The lowest BCUT2D eigenvalue weighted by atomic mass is 9.49. The Hall–Kier alpha value is -1.67. The van der Waals surface area contributed by atoms with Crippen molar-refractivity contribution in [1.29, 1.82) is 5.26 Å². The minimum Gasteiger partial charge on any atom is -0.390 e. The van der Waals surface area contributed by atoms with E-state index in [9.17, 15) is 9.90 Å². The largest absolute Gasteiger partial charge is 0.390 e. The van der Waals surface area contributed by atoms with Gasteiger partial charge in [-0.25, -0.2) is 0 Å². The molecule has 1 unspecified atom stereocenters. The fourth-order valence-corrected chi connectivity index (χ4v) is 8.39. The summed E-state index contributed by atoms with van der Waals surface area (Å²) in [6.45, 7) is 4.72. The number of hydrogen-bond donors (Lipinski definition) is 1. The summed E-state index contributed by atoms with van der Waals surface area (Å²) in [5, 5.41) is 23.8. The van der Waals surface area contributed by atoms with Crippen LogP contribution in [-0.4, -0.2) is 26.3 Å². The van der Waals surface area contributed by atoms with Gasteiger partial charge in [0.25, 0.3) is 0 Å². The number of ketones is 1. The first-order valence-electron chi connectivity index (χ1n) is 12.0. The molecule has 4 saturated carbocycles. The second kappa shape index (κ2) is 7.19. The first-order chi connectivity index (χ1) is 14.3. The van der Waals surface area contributed by atoms with Gasteiger partial charge in [-0.05, 0) is 99.7 Å². The van der Waals surface area contributed by atoms with Crippen LogP contribution in [0.3, 0.4) is 0 Å². The Bertz CT molecular complexity index is 868. The number of aliphatic hydroxyl groups is 1. The van der Waals surface area contributed by atoms with Gasteiger partial charge in [-0.1, -0.05) is 6.92 Å². The Morgan fingerprint density at radius 3 is 2.73 bits per heavy atom. The van der Waals surface area contributed by atoms with Gasteiger partial charge in [0.2, 0.25) is 0 Å². The van der Waals surface area contributed by atoms with E-state index in [4.69, 9.17) is 5.26 Å². The molecule has 0 aliphatic heterocycles. The predicted molar refractivity (Wildman–Crippen MR) is 113 cm³/mol. The molecule has 1 aromatic heterocycles. The second-order valence-corrected chi connectivity index (χ2v) is 11.4. The lowest BCUT2D eigenvalue weighted by molar-refractivity contribution is -0.133. The number of nitrogens with zero attached hydrogens (tertiary/aromatic N) is 3. The zero-order valence-corrected chi connectivity index (χ0v) is 18.4. The highest BCUT2D eigenvalue weighted by Gasteiger charge is 2.58. The number of nitriles is 1. The summed E-state index contributed by atoms with van der Waals surface area (Å²) in [6.07, 6.45) is 13.5. The van der Waals surface area contributed by atoms with E-state index in [-0.39, 0.29) is 11.3 Å². The van der Waals surface area contributed by atoms with Crippen LogP contribution in [0.25, 0.3) is 0 Å². The van der Waals surface area contributed by atoms with Crippen molar-refractivity contribution in [2.75, 3.05) is 0 Å². The summed E-state index contributed by atoms with van der Waals surface area (Å²) in [4.78, 5) is 13.3. The van der Waals surface area contributed by atoms with Crippen molar-refractivity contribution in [1.82, 2.24) is 9.78 Å². The number of carbonyl (C=O) groups excluding carboxylic acids is 1. The van der Waals surface area contributed by atoms with Gasteiger partial charge in [0.05, 0.1) is 23.9 Å². The molecular formula is C25H35N3O2. The molecule has 162 valence electrons. The molecule has 0 radical (unpaired) electrons. The van der Waals surface area contributed by atoms with Crippen LogP contribution in [0.15, 0.2) is 12.4 Å². The zero-order valence-electron chi connectivity index (χ0n) is 18.4. The van der Waals surface area contributed by atoms with E-state index < -0.39 is 5.60 Å². The molecule has 4 fully saturated rings. The number of hydrogen-bond acceptors (Lipinski definition) is 4. The highest BCUT2D eigenvalue weighted by atomic mass is 16.3. The minimum absolute atomic E-state index is 0.121. The molecule has 8 atom stereocenters. The van der Waals surface area contributed by atoms with Crippen molar-refractivity contribution in [2.24, 2.45) is 40.9 Å². The fourth-order valence-electron chi connectivity index (χ4n) is 8.39. The molecule has 1 heterocycles. The molecule has 0 bridgehead atoms. The highest BCUT2D eigenvalue weighted by Crippen LogP contribution is 2.64. The monoisotopic (exact) mass is 409 g/mol. The summed E-state index contributed by atoms with van der Waals surface area (Å²) < 4.78 is 1.64. The third kappa shape index (κ3) is 3.23. The topological polar surface area (TPSA) is 78.9 Å². The van der Waals surface area contributed by atoms with Crippen molar-refractivity contribution < 1.29 is 9.90 Å². The van der Waals surface area contributed by atoms with Crippen LogP contribution in [-0.2, 0) is 11.3 Å². The van der Waals surface area contributed by atoms with Crippen molar-refractivity contribution in [3.05, 3.63) is 18.0 Å². The van der Waals surface area contributed by atoms with Crippen LogP contribution in [0.5, 0.6) is 0 Å². The van der Waals surface area contributed by atoms with Gasteiger partial charge in [0.1, 0.15) is 6.07 Å². The van der Waals surface area contributed by atoms with Crippen LogP contribution in [0.4, 0.5) is 0 Å². The molecule has 4 aliphatic rings. The van der Waals surface area contributed by atoms with Crippen molar-refractivity contribution in [3.63, 3.8) is 0 Å². The fraction of sp³-hybridized carbons (Fsp3) is 0.800. The molecule has 30 heavy (non-hydrogen) atoms. The molecule has 5 heteroatoms. The summed E-state index contributed by atoms with van der Waals surface area (Å²) in [5.41, 5.74) is 0.179. The molecule has 5 nitrogen and oxygen atoms in total. The number of carbonyl (C=O) groups is 1. The molecule has 4 aliphatic carbocycles. The second-order valence-electron chi connectivity index (χ2n) is 11.4. The molecule has 1 N–H and O–H groups in total. The van der Waals surface area contributed by atoms with E-state index in [0.717, 1.165) is 43.4 Å². The number of fused-ring (bicyclic) bond motifs is 5. The summed E-state index contributed by atoms with van der Waals surface area (Å²) >= 11 is 0. The maximum Gasteiger partial charge on any atom is 0.157 e.